The number of aryl methyl sites for hydroxylation is 1. The van der Waals surface area contributed by atoms with E-state index in [0.717, 1.165) is 37.1 Å². The first kappa shape index (κ1) is 24.3. The van der Waals surface area contributed by atoms with Crippen LogP contribution in [0.2, 0.25) is 0 Å². The van der Waals surface area contributed by atoms with Crippen LogP contribution >= 0.6 is 11.8 Å². The van der Waals surface area contributed by atoms with Gasteiger partial charge in [-0.2, -0.15) is 9.29 Å². The van der Waals surface area contributed by atoms with Gasteiger partial charge < -0.3 is 10.4 Å². The van der Waals surface area contributed by atoms with E-state index in [9.17, 15) is 23.1 Å². The fraction of sp³-hybridized carbons (Fsp3) is 0.476. The number of sulfonamides is 1. The minimum atomic E-state index is -3.63. The first-order valence-electron chi connectivity index (χ1n) is 10.6. The first-order chi connectivity index (χ1) is 15.2. The Morgan fingerprint density at radius 1 is 1.22 bits per heavy atom. The van der Waals surface area contributed by atoms with Crippen molar-refractivity contribution in [2.45, 2.75) is 56.1 Å². The van der Waals surface area contributed by atoms with Gasteiger partial charge in [-0.05, 0) is 43.9 Å². The van der Waals surface area contributed by atoms with Gasteiger partial charge in [-0.15, -0.1) is 0 Å². The van der Waals surface area contributed by atoms with Crippen LogP contribution in [0.4, 0.5) is 5.69 Å². The van der Waals surface area contributed by atoms with Crippen LogP contribution < -0.4 is 10.9 Å². The molecule has 0 saturated carbocycles. The highest BCUT2D eigenvalue weighted by atomic mass is 32.2. The van der Waals surface area contributed by atoms with Gasteiger partial charge in [-0.25, -0.2) is 8.42 Å². The summed E-state index contributed by atoms with van der Waals surface area (Å²) < 4.78 is 29.0. The largest absolute Gasteiger partial charge is 0.493 e. The Labute approximate surface area is 191 Å². The number of aromatic nitrogens is 2. The number of carbonyl (C=O) groups is 1. The average molecular weight is 481 g/mol. The minimum absolute atomic E-state index is 0.0539. The molecule has 2 aromatic rings. The van der Waals surface area contributed by atoms with Crippen molar-refractivity contribution < 1.29 is 18.3 Å². The van der Waals surface area contributed by atoms with Gasteiger partial charge in [-0.3, -0.25) is 14.2 Å². The topological polar surface area (TPSA) is 122 Å². The van der Waals surface area contributed by atoms with E-state index in [2.05, 4.69) is 10.3 Å². The number of anilines is 1. The zero-order valence-electron chi connectivity index (χ0n) is 18.2. The number of piperidine rings is 1. The fourth-order valence-electron chi connectivity index (χ4n) is 3.54. The smallest absolute Gasteiger partial charge is 0.257 e. The summed E-state index contributed by atoms with van der Waals surface area (Å²) in [6.07, 6.45) is 3.42. The molecule has 11 heteroatoms. The Kier molecular flexibility index (Phi) is 7.96. The van der Waals surface area contributed by atoms with Crippen molar-refractivity contribution in [3.63, 3.8) is 0 Å². The lowest BCUT2D eigenvalue weighted by atomic mass is 10.2. The molecule has 1 amide bonds. The van der Waals surface area contributed by atoms with E-state index in [1.165, 1.54) is 14.9 Å². The molecule has 1 aliphatic heterocycles. The molecule has 0 unspecified atom stereocenters. The average Bonchev–Trinajstić information content (AvgIpc) is 2.76. The molecule has 0 spiro atoms. The molecule has 174 valence electrons. The molecule has 1 aliphatic rings. The maximum Gasteiger partial charge on any atom is 0.257 e. The Morgan fingerprint density at radius 2 is 1.94 bits per heavy atom. The van der Waals surface area contributed by atoms with Crippen LogP contribution in [0, 0.1) is 6.92 Å². The predicted octanol–water partition coefficient (Wildman–Crippen LogP) is 2.57. The minimum Gasteiger partial charge on any atom is -0.493 e. The maximum absolute atomic E-state index is 13.1. The highest BCUT2D eigenvalue weighted by Gasteiger charge is 2.27. The van der Waals surface area contributed by atoms with Gasteiger partial charge in [-0.1, -0.05) is 31.2 Å². The van der Waals surface area contributed by atoms with Crippen molar-refractivity contribution in [2.24, 2.45) is 0 Å². The predicted molar refractivity (Wildman–Crippen MR) is 124 cm³/mol. The Balaban J connectivity index is 1.73. The molecule has 9 nitrogen and oxygen atoms in total. The highest BCUT2D eigenvalue weighted by molar-refractivity contribution is 7.99. The zero-order chi connectivity index (χ0) is 23.3. The third-order valence-corrected chi connectivity index (χ3v) is 8.16. The van der Waals surface area contributed by atoms with Crippen LogP contribution in [0.25, 0.3) is 0 Å². The maximum atomic E-state index is 13.1. The number of amides is 1. The summed E-state index contributed by atoms with van der Waals surface area (Å²) in [7, 11) is -3.63. The molecular weight excluding hydrogens is 452 g/mol. The van der Waals surface area contributed by atoms with Crippen LogP contribution in [0.1, 0.15) is 38.2 Å². The first-order valence-corrected chi connectivity index (χ1v) is 13.0. The van der Waals surface area contributed by atoms with E-state index in [4.69, 9.17) is 0 Å². The van der Waals surface area contributed by atoms with Crippen LogP contribution in [0.3, 0.4) is 0 Å². The summed E-state index contributed by atoms with van der Waals surface area (Å²) in [6.45, 7) is 5.08. The summed E-state index contributed by atoms with van der Waals surface area (Å²) >= 11 is 1.03. The summed E-state index contributed by atoms with van der Waals surface area (Å²) in [6, 6.07) is 5.86. The number of aromatic hydroxyl groups is 1. The summed E-state index contributed by atoms with van der Waals surface area (Å²) in [5, 5.41) is 12.6. The van der Waals surface area contributed by atoms with E-state index in [-0.39, 0.29) is 27.3 Å². The second kappa shape index (κ2) is 10.5. The number of rotatable bonds is 8. The lowest BCUT2D eigenvalue weighted by molar-refractivity contribution is -0.113. The third-order valence-electron chi connectivity index (χ3n) is 5.14. The monoisotopic (exact) mass is 480 g/mol. The van der Waals surface area contributed by atoms with E-state index in [1.54, 1.807) is 19.1 Å². The Morgan fingerprint density at radius 3 is 2.62 bits per heavy atom. The van der Waals surface area contributed by atoms with Crippen molar-refractivity contribution in [3.8, 4) is 5.88 Å². The normalized spacial score (nSPS) is 14.9. The molecule has 2 N–H and O–H groups in total. The Hall–Kier alpha value is -2.37. The number of hydrogen-bond acceptors (Lipinski definition) is 7. The summed E-state index contributed by atoms with van der Waals surface area (Å²) in [5.41, 5.74) is 0.621. The lowest BCUT2D eigenvalue weighted by Crippen LogP contribution is -2.36. The van der Waals surface area contributed by atoms with Crippen molar-refractivity contribution in [1.82, 2.24) is 13.9 Å². The molecule has 0 aliphatic carbocycles. The van der Waals surface area contributed by atoms with Gasteiger partial charge in [0.05, 0.1) is 16.7 Å². The molecule has 0 bridgehead atoms. The summed E-state index contributed by atoms with van der Waals surface area (Å²) in [5.74, 6) is -0.820. The molecule has 2 heterocycles. The molecule has 1 aromatic heterocycles. The van der Waals surface area contributed by atoms with Crippen LogP contribution in [0.15, 0.2) is 39.1 Å². The van der Waals surface area contributed by atoms with E-state index in [1.807, 2.05) is 6.92 Å². The second-order valence-corrected chi connectivity index (χ2v) is 10.5. The van der Waals surface area contributed by atoms with Gasteiger partial charge in [0.1, 0.15) is 0 Å². The second-order valence-electron chi connectivity index (χ2n) is 7.67. The number of hydrogen-bond donors (Lipinski definition) is 2. The van der Waals surface area contributed by atoms with Gasteiger partial charge in [0, 0.05) is 25.3 Å². The van der Waals surface area contributed by atoms with Gasteiger partial charge in [0.15, 0.2) is 5.16 Å². The van der Waals surface area contributed by atoms with Crippen molar-refractivity contribution in [2.75, 3.05) is 24.2 Å². The van der Waals surface area contributed by atoms with E-state index < -0.39 is 15.9 Å². The van der Waals surface area contributed by atoms with Crippen molar-refractivity contribution >= 4 is 33.4 Å². The number of benzene rings is 1. The lowest BCUT2D eigenvalue weighted by Gasteiger charge is -2.26. The number of carbonyl (C=O) groups excluding carboxylic acids is 1. The van der Waals surface area contributed by atoms with Gasteiger partial charge in [0.2, 0.25) is 21.8 Å². The van der Waals surface area contributed by atoms with E-state index >= 15 is 0 Å². The highest BCUT2D eigenvalue weighted by Crippen LogP contribution is 2.26. The summed E-state index contributed by atoms with van der Waals surface area (Å²) in [4.78, 5) is 28.7. The zero-order valence-corrected chi connectivity index (χ0v) is 19.8. The van der Waals surface area contributed by atoms with Gasteiger partial charge in [0.25, 0.3) is 5.56 Å². The molecule has 0 radical (unpaired) electrons. The Bertz CT molecular complexity index is 1140. The molecule has 1 aromatic carbocycles. The van der Waals surface area contributed by atoms with Crippen LogP contribution in [-0.4, -0.2) is 52.1 Å². The standard InChI is InChI=1S/C21H28N4O5S2/c1-3-9-25-20(28)13-18(26)23-21(25)31-14-19(27)22-16-8-7-15(2)17(12-16)32(29,30)24-10-5-4-6-11-24/h7-8,12-13,26H,3-6,9-11,14H2,1-2H3,(H,22,27). The van der Waals surface area contributed by atoms with Crippen molar-refractivity contribution in [3.05, 3.63) is 40.2 Å². The SMILES string of the molecule is CCCn1c(SCC(=O)Nc2ccc(C)c(S(=O)(=O)N3CCCCC3)c2)nc(O)cc1=O. The van der Waals surface area contributed by atoms with Crippen molar-refractivity contribution in [1.29, 1.82) is 0 Å². The quantitative estimate of drug-likeness (QED) is 0.440. The molecular formula is C21H28N4O5S2. The number of nitrogens with zero attached hydrogens (tertiary/aromatic N) is 3. The number of nitrogens with one attached hydrogen (secondary N) is 1. The molecule has 3 rings (SSSR count). The molecule has 1 saturated heterocycles. The van der Waals surface area contributed by atoms with Crippen LogP contribution in [-0.2, 0) is 21.4 Å². The fourth-order valence-corrected chi connectivity index (χ4v) is 6.14. The van der Waals surface area contributed by atoms with E-state index in [0.29, 0.717) is 37.3 Å². The van der Waals surface area contributed by atoms with Crippen LogP contribution in [0.5, 0.6) is 5.88 Å². The molecule has 1 fully saturated rings. The number of thioether (sulfide) groups is 1. The molecule has 32 heavy (non-hydrogen) atoms. The van der Waals surface area contributed by atoms with Gasteiger partial charge >= 0.3 is 0 Å². The third kappa shape index (κ3) is 5.70. The molecule has 0 atom stereocenters.